The van der Waals surface area contributed by atoms with E-state index in [2.05, 4.69) is 74.6 Å². The van der Waals surface area contributed by atoms with Gasteiger partial charge in [-0.2, -0.15) is 0 Å². The fraction of sp³-hybridized carbons (Fsp3) is 0.865. The van der Waals surface area contributed by atoms with E-state index < -0.39 is 6.10 Å². The van der Waals surface area contributed by atoms with E-state index in [1.165, 1.54) is 385 Å². The largest absolute Gasteiger partial charge is 0.462 e. The second-order valence-corrected chi connectivity index (χ2v) is 29.2. The number of allylic oxidation sites excluding steroid dienone is 10. The summed E-state index contributed by atoms with van der Waals surface area (Å²) in [4.78, 5) is 24.8. The summed E-state index contributed by atoms with van der Waals surface area (Å²) >= 11 is 0. The van der Waals surface area contributed by atoms with Crippen LogP contribution in [0.25, 0.3) is 0 Å². The van der Waals surface area contributed by atoms with Gasteiger partial charge in [0.05, 0.1) is 6.61 Å². The van der Waals surface area contributed by atoms with Gasteiger partial charge in [0.15, 0.2) is 6.10 Å². The second-order valence-electron chi connectivity index (χ2n) is 29.2. The molecule has 94 heavy (non-hydrogen) atoms. The monoisotopic (exact) mass is 1320 g/mol. The van der Waals surface area contributed by atoms with Crippen molar-refractivity contribution in [3.05, 3.63) is 60.8 Å². The van der Waals surface area contributed by atoms with Crippen LogP contribution in [0.3, 0.4) is 0 Å². The Kier molecular flexibility index (Phi) is 82.7. The van der Waals surface area contributed by atoms with Crippen LogP contribution in [-0.4, -0.2) is 36.4 Å². The van der Waals surface area contributed by atoms with Crippen LogP contribution >= 0.6 is 0 Å². The second kappa shape index (κ2) is 84.8. The lowest BCUT2D eigenvalue weighted by Crippen LogP contribution is -2.28. The smallest absolute Gasteiger partial charge is 0.306 e. The van der Waals surface area contributed by atoms with Gasteiger partial charge in [0.2, 0.25) is 0 Å². The maximum absolute atomic E-state index is 12.4. The van der Waals surface area contributed by atoms with Gasteiger partial charge in [-0.25, -0.2) is 0 Å². The first-order valence-corrected chi connectivity index (χ1v) is 42.8. The fourth-order valence-corrected chi connectivity index (χ4v) is 13.5. The molecule has 0 aliphatic rings. The minimum Gasteiger partial charge on any atom is -0.462 e. The lowest BCUT2D eigenvalue weighted by atomic mass is 10.0. The fourth-order valence-electron chi connectivity index (χ4n) is 13.5. The van der Waals surface area contributed by atoms with Crippen LogP contribution in [0.15, 0.2) is 60.8 Å². The number of aliphatic hydroxyl groups excluding tert-OH is 1. The molecule has 0 amide bonds. The van der Waals surface area contributed by atoms with E-state index in [9.17, 15) is 14.7 Å². The Balaban J connectivity index is 3.35. The average Bonchev–Trinajstić information content (AvgIpc) is 3.77. The van der Waals surface area contributed by atoms with Gasteiger partial charge in [-0.3, -0.25) is 9.59 Å². The lowest BCUT2D eigenvalue weighted by Gasteiger charge is -2.15. The molecule has 0 aliphatic carbocycles. The molecule has 0 saturated carbocycles. The first-order chi connectivity index (χ1) is 46.6. The minimum atomic E-state index is -0.771. The van der Waals surface area contributed by atoms with E-state index in [1.54, 1.807) is 0 Å². The van der Waals surface area contributed by atoms with Gasteiger partial charge in [-0.15, -0.1) is 0 Å². The number of ether oxygens (including phenoxy) is 2. The van der Waals surface area contributed by atoms with Gasteiger partial charge in [-0.05, 0) is 57.8 Å². The molecule has 1 N–H and O–H groups in total. The van der Waals surface area contributed by atoms with Crippen molar-refractivity contribution in [2.45, 2.75) is 482 Å². The summed E-state index contributed by atoms with van der Waals surface area (Å²) in [6.07, 6.45) is 118. The molecule has 1 unspecified atom stereocenters. The summed E-state index contributed by atoms with van der Waals surface area (Å²) in [5.41, 5.74) is 0. The highest BCUT2D eigenvalue weighted by molar-refractivity contribution is 5.70. The molecule has 5 heteroatoms. The van der Waals surface area contributed by atoms with E-state index in [-0.39, 0.29) is 25.2 Å². The highest BCUT2D eigenvalue weighted by Gasteiger charge is 2.16. The number of carbonyl (C=O) groups is 2. The molecule has 552 valence electrons. The van der Waals surface area contributed by atoms with Crippen LogP contribution in [0.1, 0.15) is 476 Å². The maximum Gasteiger partial charge on any atom is 0.306 e. The number of hydrogen-bond acceptors (Lipinski definition) is 5. The van der Waals surface area contributed by atoms with Crippen LogP contribution in [0, 0.1) is 0 Å². The molecule has 0 bridgehead atoms. The zero-order chi connectivity index (χ0) is 67.5. The number of aliphatic hydroxyl groups is 1. The van der Waals surface area contributed by atoms with Crippen molar-refractivity contribution in [2.75, 3.05) is 13.2 Å². The third-order valence-corrected chi connectivity index (χ3v) is 19.8. The highest BCUT2D eigenvalue weighted by atomic mass is 16.6. The molecule has 0 saturated heterocycles. The Morgan fingerprint density at radius 2 is 0.457 bits per heavy atom. The molecule has 0 spiro atoms. The van der Waals surface area contributed by atoms with E-state index in [0.717, 1.165) is 64.2 Å². The number of esters is 2. The van der Waals surface area contributed by atoms with Crippen molar-refractivity contribution >= 4 is 11.9 Å². The molecule has 1 atom stereocenters. The standard InChI is InChI=1S/C89H166O5/c1-3-5-7-9-11-13-15-17-19-21-23-25-27-29-31-33-35-37-39-41-43-44-46-48-50-52-54-56-58-60-62-64-66-68-70-72-74-76-78-80-82-84-89(92)94-87(85-90)86-93-88(91)83-81-79-77-75-73-71-69-67-65-63-61-59-57-55-53-51-49-47-45-42-40-38-36-34-32-30-28-26-24-22-20-18-16-14-12-10-8-6-4-2/h5,7,11,13,17,19,23,25,29,31,87,90H,3-4,6,8-10,12,14-16,18,20-22,24,26-28,30,32-86H2,1-2H3/b7-5-,13-11-,19-17-,25-23-,31-29-. The summed E-state index contributed by atoms with van der Waals surface area (Å²) in [6, 6.07) is 0. The van der Waals surface area contributed by atoms with Crippen LogP contribution < -0.4 is 0 Å². The third-order valence-electron chi connectivity index (χ3n) is 19.8. The summed E-state index contributed by atoms with van der Waals surface area (Å²) in [6.45, 7) is 4.10. The topological polar surface area (TPSA) is 72.8 Å². The summed E-state index contributed by atoms with van der Waals surface area (Å²) < 4.78 is 10.8. The van der Waals surface area contributed by atoms with Crippen LogP contribution in [0.4, 0.5) is 0 Å². The van der Waals surface area contributed by atoms with Gasteiger partial charge in [-0.1, -0.05) is 466 Å². The molecule has 5 nitrogen and oxygen atoms in total. The first kappa shape index (κ1) is 91.6. The minimum absolute atomic E-state index is 0.0585. The normalized spacial score (nSPS) is 12.4. The van der Waals surface area contributed by atoms with Gasteiger partial charge >= 0.3 is 11.9 Å². The van der Waals surface area contributed by atoms with Gasteiger partial charge in [0, 0.05) is 12.8 Å². The van der Waals surface area contributed by atoms with Crippen molar-refractivity contribution in [1.82, 2.24) is 0 Å². The lowest BCUT2D eigenvalue weighted by molar-refractivity contribution is -0.161. The number of carbonyl (C=O) groups excluding carboxylic acids is 2. The van der Waals surface area contributed by atoms with Crippen molar-refractivity contribution in [1.29, 1.82) is 0 Å². The van der Waals surface area contributed by atoms with Crippen LogP contribution in [0.5, 0.6) is 0 Å². The third kappa shape index (κ3) is 82.0. The van der Waals surface area contributed by atoms with Crippen LogP contribution in [0.2, 0.25) is 0 Å². The molecular formula is C89H166O5. The number of rotatable bonds is 81. The SMILES string of the molecule is CC/C=C\C/C=C\C/C=C\C/C=C\C/C=C\CCCCCCCCCCCCCCCCCCCCCCCCCCCC(=O)OC(CO)COC(=O)CCCCCCCCCCCCCCCCCCCCCCCCCCCCCCCCCCCCCCCCC. The Hall–Kier alpha value is -2.40. The Labute approximate surface area is 589 Å². The summed E-state index contributed by atoms with van der Waals surface area (Å²) in [5.74, 6) is -0.561. The molecule has 0 rings (SSSR count). The van der Waals surface area contributed by atoms with E-state index in [4.69, 9.17) is 9.47 Å². The van der Waals surface area contributed by atoms with Crippen molar-refractivity contribution in [3.8, 4) is 0 Å². The molecule has 0 radical (unpaired) electrons. The van der Waals surface area contributed by atoms with Crippen molar-refractivity contribution in [3.63, 3.8) is 0 Å². The summed E-state index contributed by atoms with van der Waals surface area (Å²) in [7, 11) is 0. The van der Waals surface area contributed by atoms with E-state index >= 15 is 0 Å². The number of hydrogen-bond donors (Lipinski definition) is 1. The molecular weight excluding hydrogens is 1150 g/mol. The molecule has 0 aromatic heterocycles. The molecule has 0 aliphatic heterocycles. The predicted molar refractivity (Wildman–Crippen MR) is 417 cm³/mol. The molecule has 0 heterocycles. The predicted octanol–water partition coefficient (Wildman–Crippen LogP) is 30.3. The average molecular weight is 1320 g/mol. The van der Waals surface area contributed by atoms with Gasteiger partial charge in [0.25, 0.3) is 0 Å². The zero-order valence-electron chi connectivity index (χ0n) is 63.8. The Morgan fingerprint density at radius 1 is 0.255 bits per heavy atom. The molecule has 0 aromatic carbocycles. The Bertz CT molecular complexity index is 1590. The quantitative estimate of drug-likeness (QED) is 0.0373. The first-order valence-electron chi connectivity index (χ1n) is 42.8. The number of unbranched alkanes of at least 4 members (excludes halogenated alkanes) is 63. The highest BCUT2D eigenvalue weighted by Crippen LogP contribution is 2.21. The van der Waals surface area contributed by atoms with Gasteiger partial charge in [0.1, 0.15) is 6.61 Å². The zero-order valence-corrected chi connectivity index (χ0v) is 63.8. The Morgan fingerprint density at radius 3 is 0.691 bits per heavy atom. The van der Waals surface area contributed by atoms with Gasteiger partial charge < -0.3 is 14.6 Å². The van der Waals surface area contributed by atoms with Crippen molar-refractivity contribution < 1.29 is 24.2 Å². The molecule has 0 aromatic rings. The molecule has 0 fully saturated rings. The maximum atomic E-state index is 12.4. The summed E-state index contributed by atoms with van der Waals surface area (Å²) in [5, 5.41) is 9.74. The van der Waals surface area contributed by atoms with Crippen LogP contribution in [-0.2, 0) is 19.1 Å². The van der Waals surface area contributed by atoms with Crippen molar-refractivity contribution in [2.24, 2.45) is 0 Å². The van der Waals surface area contributed by atoms with E-state index in [1.807, 2.05) is 0 Å². The van der Waals surface area contributed by atoms with E-state index in [0.29, 0.717) is 12.8 Å².